The molecule has 4 heterocycles. The van der Waals surface area contributed by atoms with Gasteiger partial charge in [0.05, 0.1) is 25.5 Å². The van der Waals surface area contributed by atoms with Gasteiger partial charge in [-0.25, -0.2) is 4.98 Å². The Morgan fingerprint density at radius 3 is 2.62 bits per heavy atom. The van der Waals surface area contributed by atoms with Crippen LogP contribution >= 0.6 is 0 Å². The van der Waals surface area contributed by atoms with Gasteiger partial charge in [-0.2, -0.15) is 9.97 Å². The molecular weight excluding hydrogens is 534 g/mol. The lowest BCUT2D eigenvalue weighted by atomic mass is 10.0. The first-order chi connectivity index (χ1) is 20.4. The Kier molecular flexibility index (Phi) is 8.25. The number of ether oxygens (including phenoxy) is 1. The molecule has 1 aliphatic carbocycles. The minimum Gasteiger partial charge on any atom is -0.495 e. The summed E-state index contributed by atoms with van der Waals surface area (Å²) in [6.07, 6.45) is 9.18. The van der Waals surface area contributed by atoms with Gasteiger partial charge in [0.1, 0.15) is 17.5 Å². The second-order valence-electron chi connectivity index (χ2n) is 11.6. The molecule has 3 aliphatic rings. The average molecular weight is 576 g/mol. The molecule has 0 radical (unpaired) electrons. The fourth-order valence-electron chi connectivity index (χ4n) is 6.39. The fourth-order valence-corrected chi connectivity index (χ4v) is 6.39. The number of aromatic nitrogens is 4. The number of carbonyl (C=O) groups excluding carboxylic acids is 1. The van der Waals surface area contributed by atoms with Crippen LogP contribution in [0, 0.1) is 0 Å². The molecule has 1 saturated carbocycles. The summed E-state index contributed by atoms with van der Waals surface area (Å²) in [6.45, 7) is 4.80. The molecule has 1 atom stereocenters. The number of amides is 1. The standard InChI is InChI=1S/C30H41N9O3/c1-5-23-29(40)38(3)24-17-32-30(35-28(24)39(23)21-8-6-7-9-21)33-22-11-10-19(16-25(22)41-4)27-34-26(42-36-27)18-31-20-12-14-37(2)15-13-20/h10-11,16-17,20-21,23,31H,5-9,12-15,18H2,1-4H3,(H,32,33,35)/t23-/m1/s1. The largest absolute Gasteiger partial charge is 0.495 e. The number of benzene rings is 1. The molecule has 2 N–H and O–H groups in total. The first-order valence-corrected chi connectivity index (χ1v) is 15.1. The monoisotopic (exact) mass is 575 g/mol. The molecule has 2 fully saturated rings. The van der Waals surface area contributed by atoms with Crippen LogP contribution in [0.5, 0.6) is 5.75 Å². The number of methoxy groups -OCH3 is 1. The lowest BCUT2D eigenvalue weighted by Crippen LogP contribution is -2.55. The zero-order chi connectivity index (χ0) is 29.2. The number of carbonyl (C=O) groups is 1. The van der Waals surface area contributed by atoms with Crippen LogP contribution < -0.4 is 25.2 Å². The van der Waals surface area contributed by atoms with E-state index in [4.69, 9.17) is 14.2 Å². The summed E-state index contributed by atoms with van der Waals surface area (Å²) >= 11 is 0. The lowest BCUT2D eigenvalue weighted by Gasteiger charge is -2.43. The van der Waals surface area contributed by atoms with Crippen molar-refractivity contribution in [3.63, 3.8) is 0 Å². The van der Waals surface area contributed by atoms with Crippen molar-refractivity contribution in [1.29, 1.82) is 0 Å². The number of nitrogens with one attached hydrogen (secondary N) is 2. The highest BCUT2D eigenvalue weighted by Gasteiger charge is 2.41. The van der Waals surface area contributed by atoms with Crippen LogP contribution in [-0.2, 0) is 11.3 Å². The maximum Gasteiger partial charge on any atom is 0.249 e. The van der Waals surface area contributed by atoms with Crippen LogP contribution in [0.15, 0.2) is 28.9 Å². The molecule has 2 aromatic heterocycles. The number of fused-ring (bicyclic) bond motifs is 1. The second kappa shape index (κ2) is 12.2. The third kappa shape index (κ3) is 5.65. The number of piperidine rings is 1. The molecule has 2 aliphatic heterocycles. The Bertz CT molecular complexity index is 1400. The summed E-state index contributed by atoms with van der Waals surface area (Å²) in [5, 5.41) is 11.1. The summed E-state index contributed by atoms with van der Waals surface area (Å²) in [7, 11) is 5.59. The Morgan fingerprint density at radius 2 is 1.88 bits per heavy atom. The fraction of sp³-hybridized carbons (Fsp3) is 0.567. The molecule has 224 valence electrons. The minimum absolute atomic E-state index is 0.0979. The Labute approximate surface area is 246 Å². The van der Waals surface area contributed by atoms with Gasteiger partial charge < -0.3 is 34.6 Å². The number of anilines is 4. The Hall–Kier alpha value is -3.77. The van der Waals surface area contributed by atoms with Gasteiger partial charge in [-0.3, -0.25) is 4.79 Å². The lowest BCUT2D eigenvalue weighted by molar-refractivity contribution is -0.120. The van der Waals surface area contributed by atoms with E-state index in [1.54, 1.807) is 18.2 Å². The normalized spacial score (nSPS) is 20.3. The van der Waals surface area contributed by atoms with Crippen LogP contribution in [-0.4, -0.2) is 83.3 Å². The van der Waals surface area contributed by atoms with Crippen LogP contribution in [0.2, 0.25) is 0 Å². The van der Waals surface area contributed by atoms with Crippen LogP contribution in [0.4, 0.5) is 23.1 Å². The summed E-state index contributed by atoms with van der Waals surface area (Å²) < 4.78 is 11.2. The number of rotatable bonds is 9. The SMILES string of the molecule is CC[C@@H]1C(=O)N(C)c2cnc(Nc3ccc(-c4noc(CNC5CCN(C)CC5)n4)cc3OC)nc2N1C1CCCC1. The summed E-state index contributed by atoms with van der Waals surface area (Å²) in [5.41, 5.74) is 2.24. The Morgan fingerprint density at radius 1 is 1.10 bits per heavy atom. The highest BCUT2D eigenvalue weighted by Crippen LogP contribution is 2.40. The quantitative estimate of drug-likeness (QED) is 0.385. The number of hydrogen-bond acceptors (Lipinski definition) is 11. The van der Waals surface area contributed by atoms with Crippen LogP contribution in [0.25, 0.3) is 11.4 Å². The zero-order valence-corrected chi connectivity index (χ0v) is 25.0. The maximum absolute atomic E-state index is 13.2. The van der Waals surface area contributed by atoms with Crippen LogP contribution in [0.1, 0.15) is 57.8 Å². The zero-order valence-electron chi connectivity index (χ0n) is 25.0. The first kappa shape index (κ1) is 28.4. The molecule has 0 unspecified atom stereocenters. The molecule has 1 aromatic carbocycles. The third-order valence-electron chi connectivity index (χ3n) is 8.85. The topological polar surface area (TPSA) is 125 Å². The summed E-state index contributed by atoms with van der Waals surface area (Å²) in [4.78, 5) is 33.6. The highest BCUT2D eigenvalue weighted by molar-refractivity contribution is 6.04. The molecule has 0 spiro atoms. The van der Waals surface area contributed by atoms with Crippen molar-refractivity contribution in [1.82, 2.24) is 30.3 Å². The van der Waals surface area contributed by atoms with Gasteiger partial charge in [0, 0.05) is 24.7 Å². The van der Waals surface area contributed by atoms with E-state index in [0.29, 0.717) is 47.7 Å². The molecule has 42 heavy (non-hydrogen) atoms. The molecule has 1 saturated heterocycles. The predicted octanol–water partition coefficient (Wildman–Crippen LogP) is 3.97. The minimum atomic E-state index is -0.221. The molecular formula is C30H41N9O3. The van der Waals surface area contributed by atoms with Gasteiger partial charge in [-0.05, 0) is 70.4 Å². The van der Waals surface area contributed by atoms with Crippen molar-refractivity contribution >= 4 is 29.0 Å². The van der Waals surface area contributed by atoms with Crippen molar-refractivity contribution in [3.05, 3.63) is 30.3 Å². The number of likely N-dealkylation sites (tertiary alicyclic amines) is 1. The van der Waals surface area contributed by atoms with Gasteiger partial charge in [0.15, 0.2) is 5.82 Å². The predicted molar refractivity (Wildman–Crippen MR) is 161 cm³/mol. The van der Waals surface area contributed by atoms with Gasteiger partial charge in [0.25, 0.3) is 0 Å². The van der Waals surface area contributed by atoms with E-state index < -0.39 is 0 Å². The highest BCUT2D eigenvalue weighted by atomic mass is 16.5. The van der Waals surface area contributed by atoms with Crippen molar-refractivity contribution in [3.8, 4) is 17.1 Å². The van der Waals surface area contributed by atoms with Gasteiger partial charge in [0.2, 0.25) is 23.6 Å². The van der Waals surface area contributed by atoms with Gasteiger partial charge in [-0.15, -0.1) is 0 Å². The van der Waals surface area contributed by atoms with Crippen LogP contribution in [0.3, 0.4) is 0 Å². The van der Waals surface area contributed by atoms with Gasteiger partial charge >= 0.3 is 0 Å². The Balaban J connectivity index is 1.19. The van der Waals surface area contributed by atoms with Gasteiger partial charge in [-0.1, -0.05) is 24.9 Å². The average Bonchev–Trinajstić information content (AvgIpc) is 3.72. The number of nitrogens with zero attached hydrogens (tertiary/aromatic N) is 7. The molecule has 1 amide bonds. The van der Waals surface area contributed by atoms with Crippen molar-refractivity contribution in [2.45, 2.75) is 76.5 Å². The second-order valence-corrected chi connectivity index (χ2v) is 11.6. The third-order valence-corrected chi connectivity index (χ3v) is 8.85. The molecule has 12 nitrogen and oxygen atoms in total. The smallest absolute Gasteiger partial charge is 0.249 e. The van der Waals surface area contributed by atoms with E-state index in [9.17, 15) is 4.79 Å². The van der Waals surface area contributed by atoms with E-state index >= 15 is 0 Å². The summed E-state index contributed by atoms with van der Waals surface area (Å²) in [6, 6.07) is 6.26. The van der Waals surface area contributed by atoms with E-state index in [2.05, 4.69) is 49.5 Å². The molecule has 3 aromatic rings. The maximum atomic E-state index is 13.2. The van der Waals surface area contributed by atoms with E-state index in [1.165, 1.54) is 12.8 Å². The number of hydrogen-bond donors (Lipinski definition) is 2. The van der Waals surface area contributed by atoms with Crippen molar-refractivity contribution < 1.29 is 14.1 Å². The number of likely N-dealkylation sites (N-methyl/N-ethyl adjacent to an activating group) is 1. The summed E-state index contributed by atoms with van der Waals surface area (Å²) in [5.74, 6) is 3.03. The first-order valence-electron chi connectivity index (χ1n) is 15.1. The molecule has 6 rings (SSSR count). The van der Waals surface area contributed by atoms with E-state index in [-0.39, 0.29) is 11.9 Å². The van der Waals surface area contributed by atoms with E-state index in [1.807, 2.05) is 25.2 Å². The molecule has 12 heteroatoms. The van der Waals surface area contributed by atoms with E-state index in [0.717, 1.165) is 62.3 Å². The van der Waals surface area contributed by atoms with Crippen molar-refractivity contribution in [2.75, 3.05) is 49.4 Å². The molecule has 0 bridgehead atoms. The van der Waals surface area contributed by atoms with Crippen molar-refractivity contribution in [2.24, 2.45) is 0 Å².